The molecule has 0 bridgehead atoms. The van der Waals surface area contributed by atoms with Crippen molar-refractivity contribution in [3.05, 3.63) is 0 Å². The van der Waals surface area contributed by atoms with Gasteiger partial charge in [-0.1, -0.05) is 27.7 Å². The number of hydrogen-bond donors (Lipinski definition) is 7. The average molecular weight is 584 g/mol. The minimum Gasteiger partial charge on any atom is -0.480 e. The molecule has 0 unspecified atom stereocenters. The molecule has 0 aromatic rings. The van der Waals surface area contributed by atoms with Crippen LogP contribution in [0.1, 0.15) is 66.2 Å². The summed E-state index contributed by atoms with van der Waals surface area (Å²) in [5, 5.41) is 19.5. The van der Waals surface area contributed by atoms with Crippen LogP contribution in [0.4, 0.5) is 0 Å². The highest BCUT2D eigenvalue weighted by molar-refractivity contribution is 5.95. The first kappa shape index (κ1) is 35.3. The van der Waals surface area contributed by atoms with Gasteiger partial charge in [-0.05, 0) is 43.9 Å². The van der Waals surface area contributed by atoms with Crippen LogP contribution in [0.25, 0.3) is 0 Å². The summed E-state index contributed by atoms with van der Waals surface area (Å²) >= 11 is 0. The van der Waals surface area contributed by atoms with E-state index in [-0.39, 0.29) is 50.6 Å². The summed E-state index contributed by atoms with van der Waals surface area (Å²) in [5.74, 6) is -4.97. The minimum absolute atomic E-state index is 0.0134. The number of carbonyl (C=O) groups is 7. The Balaban J connectivity index is 2.91. The topological polar surface area (TPSA) is 243 Å². The Morgan fingerprint density at radius 1 is 0.854 bits per heavy atom. The van der Waals surface area contributed by atoms with Crippen LogP contribution >= 0.6 is 0 Å². The second-order valence-electron chi connectivity index (χ2n) is 11.0. The lowest BCUT2D eigenvalue weighted by molar-refractivity contribution is -0.149. The molecule has 232 valence electrons. The number of amides is 6. The van der Waals surface area contributed by atoms with E-state index in [2.05, 4.69) is 21.3 Å². The molecule has 1 rings (SSSR count). The maximum absolute atomic E-state index is 13.1. The fourth-order valence-corrected chi connectivity index (χ4v) is 4.50. The first-order valence-electron chi connectivity index (χ1n) is 13.8. The van der Waals surface area contributed by atoms with Crippen LogP contribution in [0, 0.1) is 11.8 Å². The van der Waals surface area contributed by atoms with Gasteiger partial charge in [0.15, 0.2) is 0 Å². The molecule has 0 saturated carbocycles. The highest BCUT2D eigenvalue weighted by atomic mass is 16.4. The van der Waals surface area contributed by atoms with E-state index in [9.17, 15) is 38.7 Å². The standard InChI is InChI=1S/C26H45N7O8/c1-14(2)10-17(32-24(38)18(11-15(3)4)31-21(35)12-27)23(37)29-13-22(36)30-16(7-8-20(28)34)25(39)33-9-5-6-19(33)26(40)41/h14-19H,5-13,27H2,1-4H3,(H2,28,34)(H,29,37)(H,30,36)(H,31,35)(H,32,38)(H,40,41)/t16-,17-,18-,19-/m0/s1. The molecular formula is C26H45N7O8. The van der Waals surface area contributed by atoms with Gasteiger partial charge < -0.3 is 42.7 Å². The van der Waals surface area contributed by atoms with Gasteiger partial charge in [0.1, 0.15) is 24.2 Å². The van der Waals surface area contributed by atoms with Crippen molar-refractivity contribution < 1.29 is 38.7 Å². The van der Waals surface area contributed by atoms with Crippen molar-refractivity contribution in [3.8, 4) is 0 Å². The number of rotatable bonds is 17. The molecular weight excluding hydrogens is 538 g/mol. The maximum Gasteiger partial charge on any atom is 0.326 e. The lowest BCUT2D eigenvalue weighted by atomic mass is 10.00. The Morgan fingerprint density at radius 2 is 1.41 bits per heavy atom. The van der Waals surface area contributed by atoms with Crippen molar-refractivity contribution in [1.29, 1.82) is 0 Å². The van der Waals surface area contributed by atoms with Gasteiger partial charge in [-0.15, -0.1) is 0 Å². The molecule has 1 saturated heterocycles. The number of primary amides is 1. The van der Waals surface area contributed by atoms with Gasteiger partial charge in [0.25, 0.3) is 0 Å². The molecule has 4 atom stereocenters. The molecule has 0 aromatic heterocycles. The highest BCUT2D eigenvalue weighted by Gasteiger charge is 2.37. The zero-order chi connectivity index (χ0) is 31.3. The quantitative estimate of drug-likeness (QED) is 0.0994. The maximum atomic E-state index is 13.1. The average Bonchev–Trinajstić information content (AvgIpc) is 3.38. The van der Waals surface area contributed by atoms with Gasteiger partial charge in [-0.25, -0.2) is 4.79 Å². The van der Waals surface area contributed by atoms with E-state index in [0.29, 0.717) is 12.8 Å². The number of carbonyl (C=O) groups excluding carboxylic acids is 6. The summed E-state index contributed by atoms with van der Waals surface area (Å²) in [5.41, 5.74) is 10.6. The molecule has 1 aliphatic heterocycles. The monoisotopic (exact) mass is 583 g/mol. The van der Waals surface area contributed by atoms with Crippen molar-refractivity contribution in [2.24, 2.45) is 23.3 Å². The largest absolute Gasteiger partial charge is 0.480 e. The number of carboxylic acids is 1. The summed E-state index contributed by atoms with van der Waals surface area (Å²) in [7, 11) is 0. The predicted molar refractivity (Wildman–Crippen MR) is 148 cm³/mol. The number of aliphatic carboxylic acids is 1. The number of nitrogens with two attached hydrogens (primary N) is 2. The normalized spacial score (nSPS) is 17.0. The van der Waals surface area contributed by atoms with Crippen LogP contribution in [-0.2, 0) is 33.6 Å². The zero-order valence-electron chi connectivity index (χ0n) is 24.2. The Bertz CT molecular complexity index is 971. The lowest BCUT2D eigenvalue weighted by Gasteiger charge is -2.27. The van der Waals surface area contributed by atoms with E-state index in [1.165, 1.54) is 0 Å². The number of hydrogen-bond acceptors (Lipinski definition) is 8. The van der Waals surface area contributed by atoms with Crippen LogP contribution in [0.3, 0.4) is 0 Å². The third-order valence-corrected chi connectivity index (χ3v) is 6.44. The molecule has 0 aromatic carbocycles. The fourth-order valence-electron chi connectivity index (χ4n) is 4.50. The van der Waals surface area contributed by atoms with Gasteiger partial charge in [0.05, 0.1) is 13.1 Å². The van der Waals surface area contributed by atoms with E-state index >= 15 is 0 Å². The summed E-state index contributed by atoms with van der Waals surface area (Å²) in [4.78, 5) is 87.5. The SMILES string of the molecule is CC(C)C[C@H](NC(=O)CN)C(=O)N[C@@H](CC(C)C)C(=O)NCC(=O)N[C@@H](CCC(N)=O)C(=O)N1CCC[C@H]1C(=O)O. The Kier molecular flexibility index (Phi) is 14.8. The number of carboxylic acid groups (broad SMARTS) is 1. The third kappa shape index (κ3) is 12.5. The van der Waals surface area contributed by atoms with Crippen LogP contribution < -0.4 is 32.7 Å². The smallest absolute Gasteiger partial charge is 0.326 e. The van der Waals surface area contributed by atoms with Crippen LogP contribution in [0.5, 0.6) is 0 Å². The molecule has 0 radical (unpaired) electrons. The Labute approximate surface area is 239 Å². The highest BCUT2D eigenvalue weighted by Crippen LogP contribution is 2.19. The predicted octanol–water partition coefficient (Wildman–Crippen LogP) is -2.05. The fraction of sp³-hybridized carbons (Fsp3) is 0.731. The van der Waals surface area contributed by atoms with Gasteiger partial charge in [0, 0.05) is 13.0 Å². The van der Waals surface area contributed by atoms with E-state index in [0.717, 1.165) is 4.90 Å². The summed E-state index contributed by atoms with van der Waals surface area (Å²) in [6.07, 6.45) is 0.931. The summed E-state index contributed by atoms with van der Waals surface area (Å²) in [6.45, 7) is 6.78. The van der Waals surface area contributed by atoms with Crippen molar-refractivity contribution in [3.63, 3.8) is 0 Å². The molecule has 1 fully saturated rings. The molecule has 0 aliphatic carbocycles. The van der Waals surface area contributed by atoms with Gasteiger partial charge in [-0.2, -0.15) is 0 Å². The van der Waals surface area contributed by atoms with Crippen molar-refractivity contribution in [2.75, 3.05) is 19.6 Å². The van der Waals surface area contributed by atoms with Crippen LogP contribution in [0.2, 0.25) is 0 Å². The molecule has 1 heterocycles. The second kappa shape index (κ2) is 17.1. The van der Waals surface area contributed by atoms with Gasteiger partial charge >= 0.3 is 5.97 Å². The molecule has 41 heavy (non-hydrogen) atoms. The van der Waals surface area contributed by atoms with E-state index in [1.807, 2.05) is 27.7 Å². The van der Waals surface area contributed by atoms with E-state index in [1.54, 1.807) is 0 Å². The van der Waals surface area contributed by atoms with Gasteiger partial charge in [-0.3, -0.25) is 28.8 Å². The van der Waals surface area contributed by atoms with Crippen LogP contribution in [0.15, 0.2) is 0 Å². The molecule has 15 heteroatoms. The first-order valence-corrected chi connectivity index (χ1v) is 13.8. The van der Waals surface area contributed by atoms with Crippen molar-refractivity contribution in [1.82, 2.24) is 26.2 Å². The van der Waals surface area contributed by atoms with E-state index < -0.39 is 72.1 Å². The minimum atomic E-state index is -1.22. The first-order chi connectivity index (χ1) is 19.2. The number of nitrogens with one attached hydrogen (secondary N) is 4. The molecule has 1 aliphatic rings. The summed E-state index contributed by atoms with van der Waals surface area (Å²) < 4.78 is 0. The number of likely N-dealkylation sites (tertiary alicyclic amines) is 1. The third-order valence-electron chi connectivity index (χ3n) is 6.44. The number of nitrogens with zero attached hydrogens (tertiary/aromatic N) is 1. The zero-order valence-corrected chi connectivity index (χ0v) is 24.2. The summed E-state index contributed by atoms with van der Waals surface area (Å²) in [6, 6.07) is -4.19. The van der Waals surface area contributed by atoms with Crippen molar-refractivity contribution in [2.45, 2.75) is 90.4 Å². The lowest BCUT2D eigenvalue weighted by Crippen LogP contribution is -2.56. The molecule has 9 N–H and O–H groups in total. The Hall–Kier alpha value is -3.75. The van der Waals surface area contributed by atoms with Gasteiger partial charge in [0.2, 0.25) is 35.4 Å². The molecule has 0 spiro atoms. The van der Waals surface area contributed by atoms with Crippen molar-refractivity contribution >= 4 is 41.4 Å². The second-order valence-corrected chi connectivity index (χ2v) is 11.0. The molecule has 6 amide bonds. The van der Waals surface area contributed by atoms with Crippen LogP contribution in [-0.4, -0.2) is 95.2 Å². The molecule has 15 nitrogen and oxygen atoms in total. The Morgan fingerprint density at radius 3 is 1.93 bits per heavy atom. The van der Waals surface area contributed by atoms with E-state index in [4.69, 9.17) is 11.5 Å².